The summed E-state index contributed by atoms with van der Waals surface area (Å²) in [6.07, 6.45) is 0.525. The maximum Gasteiger partial charge on any atom is 0.262 e. The number of nitrogens with zero attached hydrogens (tertiary/aromatic N) is 2. The van der Waals surface area contributed by atoms with Crippen LogP contribution in [0.5, 0.6) is 0 Å². The normalized spacial score (nSPS) is 18.3. The summed E-state index contributed by atoms with van der Waals surface area (Å²) < 4.78 is 1.39. The molecule has 0 spiro atoms. The van der Waals surface area contributed by atoms with Gasteiger partial charge in [-0.1, -0.05) is 0 Å². The van der Waals surface area contributed by atoms with E-state index >= 15 is 0 Å². The van der Waals surface area contributed by atoms with Crippen molar-refractivity contribution in [2.24, 2.45) is 0 Å². The lowest BCUT2D eigenvalue weighted by Crippen LogP contribution is -2.45. The van der Waals surface area contributed by atoms with Crippen LogP contribution in [0.25, 0.3) is 10.9 Å². The Bertz CT molecular complexity index is 924. The zero-order valence-electron chi connectivity index (χ0n) is 14.8. The standard InChI is InChI=1S/C18H22N4O3/c1-10-19-13-9-11(21-18(2,3)4)5-6-12(13)17(25)22(10)14-7-8-15(23)20-16(14)24/h5-6,9,14,21H,7-8H2,1-4H3,(H,20,23,24). The van der Waals surface area contributed by atoms with Crippen LogP contribution < -0.4 is 16.2 Å². The van der Waals surface area contributed by atoms with Gasteiger partial charge < -0.3 is 5.32 Å². The Balaban J connectivity index is 2.08. The first-order chi connectivity index (χ1) is 11.7. The van der Waals surface area contributed by atoms with E-state index in [-0.39, 0.29) is 23.4 Å². The summed E-state index contributed by atoms with van der Waals surface area (Å²) in [6, 6.07) is 4.69. The number of piperidine rings is 1. The smallest absolute Gasteiger partial charge is 0.262 e. The van der Waals surface area contributed by atoms with Crippen molar-refractivity contribution in [3.63, 3.8) is 0 Å². The number of fused-ring (bicyclic) bond motifs is 1. The molecule has 1 unspecified atom stereocenters. The van der Waals surface area contributed by atoms with Gasteiger partial charge in [0.05, 0.1) is 10.9 Å². The highest BCUT2D eigenvalue weighted by molar-refractivity contribution is 5.99. The van der Waals surface area contributed by atoms with Gasteiger partial charge >= 0.3 is 0 Å². The zero-order chi connectivity index (χ0) is 18.4. The van der Waals surface area contributed by atoms with Crippen LogP contribution in [0.1, 0.15) is 45.5 Å². The molecule has 1 aromatic heterocycles. The van der Waals surface area contributed by atoms with Crippen LogP contribution in [0, 0.1) is 6.92 Å². The molecule has 2 heterocycles. The summed E-state index contributed by atoms with van der Waals surface area (Å²) in [5.41, 5.74) is 1.09. The molecule has 2 aromatic rings. The number of rotatable bonds is 2. The van der Waals surface area contributed by atoms with Crippen molar-refractivity contribution >= 4 is 28.4 Å². The fraction of sp³-hybridized carbons (Fsp3) is 0.444. The number of carbonyl (C=O) groups is 2. The van der Waals surface area contributed by atoms with E-state index in [1.807, 2.05) is 12.1 Å². The van der Waals surface area contributed by atoms with Crippen LogP contribution in [-0.4, -0.2) is 26.9 Å². The summed E-state index contributed by atoms with van der Waals surface area (Å²) in [6.45, 7) is 7.86. The predicted octanol–water partition coefficient (Wildman–Crippen LogP) is 1.89. The number of imide groups is 1. The van der Waals surface area contributed by atoms with Gasteiger partial charge in [0.1, 0.15) is 11.9 Å². The van der Waals surface area contributed by atoms with Crippen molar-refractivity contribution in [1.82, 2.24) is 14.9 Å². The highest BCUT2D eigenvalue weighted by Gasteiger charge is 2.30. The Kier molecular flexibility index (Phi) is 4.10. The number of nitrogens with one attached hydrogen (secondary N) is 2. The molecule has 3 rings (SSSR count). The highest BCUT2D eigenvalue weighted by Crippen LogP contribution is 2.22. The Hall–Kier alpha value is -2.70. The number of aromatic nitrogens is 2. The van der Waals surface area contributed by atoms with Gasteiger partial charge in [-0.2, -0.15) is 0 Å². The van der Waals surface area contributed by atoms with Crippen LogP contribution in [0.2, 0.25) is 0 Å². The van der Waals surface area contributed by atoms with Gasteiger partial charge in [-0.3, -0.25) is 24.3 Å². The molecule has 2 amide bonds. The SMILES string of the molecule is Cc1nc2cc(NC(C)(C)C)ccc2c(=O)n1C1CCC(=O)NC1=O. The molecule has 1 fully saturated rings. The van der Waals surface area contributed by atoms with Gasteiger partial charge in [0.15, 0.2) is 0 Å². The molecule has 1 aliphatic rings. The predicted molar refractivity (Wildman–Crippen MR) is 95.5 cm³/mol. The molecule has 132 valence electrons. The van der Waals surface area contributed by atoms with E-state index in [1.165, 1.54) is 4.57 Å². The molecular formula is C18H22N4O3. The van der Waals surface area contributed by atoms with Crippen molar-refractivity contribution in [3.05, 3.63) is 34.4 Å². The Labute approximate surface area is 145 Å². The first-order valence-corrected chi connectivity index (χ1v) is 8.30. The Morgan fingerprint density at radius 2 is 1.96 bits per heavy atom. The second kappa shape index (κ2) is 5.98. The fourth-order valence-corrected chi connectivity index (χ4v) is 3.12. The molecule has 1 aromatic carbocycles. The van der Waals surface area contributed by atoms with Gasteiger partial charge in [-0.15, -0.1) is 0 Å². The van der Waals surface area contributed by atoms with Crippen molar-refractivity contribution in [3.8, 4) is 0 Å². The third-order valence-electron chi connectivity index (χ3n) is 4.12. The maximum absolute atomic E-state index is 12.9. The maximum atomic E-state index is 12.9. The molecule has 1 aliphatic heterocycles. The molecular weight excluding hydrogens is 320 g/mol. The van der Waals surface area contributed by atoms with E-state index < -0.39 is 11.9 Å². The number of hydrogen-bond acceptors (Lipinski definition) is 5. The molecule has 2 N–H and O–H groups in total. The lowest BCUT2D eigenvalue weighted by atomic mass is 10.1. The summed E-state index contributed by atoms with van der Waals surface area (Å²) >= 11 is 0. The van der Waals surface area contributed by atoms with Crippen molar-refractivity contribution in [2.75, 3.05) is 5.32 Å². The van der Waals surface area contributed by atoms with Gasteiger partial charge in [-0.05, 0) is 52.3 Å². The molecule has 0 radical (unpaired) electrons. The minimum atomic E-state index is -0.700. The average Bonchev–Trinajstić information content (AvgIpc) is 2.47. The largest absolute Gasteiger partial charge is 0.380 e. The average molecular weight is 342 g/mol. The third-order valence-corrected chi connectivity index (χ3v) is 4.12. The van der Waals surface area contributed by atoms with E-state index in [4.69, 9.17) is 0 Å². The summed E-state index contributed by atoms with van der Waals surface area (Å²) in [5.74, 6) is -0.299. The monoisotopic (exact) mass is 342 g/mol. The highest BCUT2D eigenvalue weighted by atomic mass is 16.2. The molecule has 0 saturated carbocycles. The van der Waals surface area contributed by atoms with Crippen LogP contribution in [-0.2, 0) is 9.59 Å². The number of amides is 2. The second-order valence-corrected chi connectivity index (χ2v) is 7.41. The summed E-state index contributed by atoms with van der Waals surface area (Å²) in [4.78, 5) is 40.9. The summed E-state index contributed by atoms with van der Waals surface area (Å²) in [7, 11) is 0. The minimum Gasteiger partial charge on any atom is -0.380 e. The van der Waals surface area contributed by atoms with E-state index in [1.54, 1.807) is 13.0 Å². The van der Waals surface area contributed by atoms with Crippen LogP contribution in [0.15, 0.2) is 23.0 Å². The number of carbonyl (C=O) groups excluding carboxylic acids is 2. The van der Waals surface area contributed by atoms with Crippen molar-refractivity contribution in [1.29, 1.82) is 0 Å². The third kappa shape index (κ3) is 3.40. The van der Waals surface area contributed by atoms with E-state index in [0.29, 0.717) is 23.1 Å². The molecule has 0 bridgehead atoms. The molecule has 1 saturated heterocycles. The zero-order valence-corrected chi connectivity index (χ0v) is 14.8. The number of benzene rings is 1. The van der Waals surface area contributed by atoms with Crippen molar-refractivity contribution < 1.29 is 9.59 Å². The van der Waals surface area contributed by atoms with Crippen LogP contribution >= 0.6 is 0 Å². The number of hydrogen-bond donors (Lipinski definition) is 2. The number of aryl methyl sites for hydroxylation is 1. The van der Waals surface area contributed by atoms with Crippen molar-refractivity contribution in [2.45, 2.75) is 52.1 Å². The Morgan fingerprint density at radius 1 is 1.24 bits per heavy atom. The van der Waals surface area contributed by atoms with Gasteiger partial charge in [0, 0.05) is 17.6 Å². The molecule has 1 atom stereocenters. The van der Waals surface area contributed by atoms with Gasteiger partial charge in [-0.25, -0.2) is 4.98 Å². The topological polar surface area (TPSA) is 93.1 Å². The number of anilines is 1. The quantitative estimate of drug-likeness (QED) is 0.813. The molecule has 25 heavy (non-hydrogen) atoms. The van der Waals surface area contributed by atoms with Gasteiger partial charge in [0.2, 0.25) is 11.8 Å². The summed E-state index contributed by atoms with van der Waals surface area (Å²) in [5, 5.41) is 6.09. The molecule has 7 heteroatoms. The van der Waals surface area contributed by atoms with E-state index in [2.05, 4.69) is 36.4 Å². The molecule has 7 nitrogen and oxygen atoms in total. The minimum absolute atomic E-state index is 0.107. The second-order valence-electron chi connectivity index (χ2n) is 7.41. The van der Waals surface area contributed by atoms with E-state index in [0.717, 1.165) is 5.69 Å². The van der Waals surface area contributed by atoms with Gasteiger partial charge in [0.25, 0.3) is 5.56 Å². The van der Waals surface area contributed by atoms with E-state index in [9.17, 15) is 14.4 Å². The lowest BCUT2D eigenvalue weighted by molar-refractivity contribution is -0.135. The Morgan fingerprint density at radius 3 is 2.60 bits per heavy atom. The lowest BCUT2D eigenvalue weighted by Gasteiger charge is -2.25. The van der Waals surface area contributed by atoms with Crippen LogP contribution in [0.4, 0.5) is 5.69 Å². The first kappa shape index (κ1) is 17.1. The first-order valence-electron chi connectivity index (χ1n) is 8.30. The molecule has 0 aliphatic carbocycles. The van der Waals surface area contributed by atoms with Crippen LogP contribution in [0.3, 0.4) is 0 Å². The fourth-order valence-electron chi connectivity index (χ4n) is 3.12.